The monoisotopic (exact) mass is 264 g/mol. The topological polar surface area (TPSA) is 51.2 Å². The molecule has 0 aromatic rings. The number of rotatable bonds is 3. The van der Waals surface area contributed by atoms with Gasteiger partial charge in [0.15, 0.2) is 11.6 Å². The highest BCUT2D eigenvalue weighted by Crippen LogP contribution is 2.46. The molecule has 3 heteroatoms. The molecule has 0 heterocycles. The summed E-state index contributed by atoms with van der Waals surface area (Å²) in [4.78, 5) is 37.2. The Labute approximate surface area is 115 Å². The minimum Gasteiger partial charge on any atom is -0.299 e. The highest BCUT2D eigenvalue weighted by molar-refractivity contribution is 6.21. The van der Waals surface area contributed by atoms with Crippen LogP contribution in [0.15, 0.2) is 12.2 Å². The number of allylic oxidation sites excluding steroid dienone is 1. The molecule has 0 aliphatic heterocycles. The standard InChI is InChI=1S/C16H24O3/c1-9(2)8-11(17)12-10(3)15(4,5)14(19)16(6,7)13(12)18/h9,12H,3,8H2,1-2,4-7H3. The van der Waals surface area contributed by atoms with E-state index in [-0.39, 0.29) is 23.3 Å². The van der Waals surface area contributed by atoms with Crippen LogP contribution in [0.1, 0.15) is 48.0 Å². The predicted octanol–water partition coefficient (Wildman–Crippen LogP) is 2.98. The van der Waals surface area contributed by atoms with Crippen molar-refractivity contribution >= 4 is 17.3 Å². The van der Waals surface area contributed by atoms with Crippen molar-refractivity contribution in [2.45, 2.75) is 48.0 Å². The van der Waals surface area contributed by atoms with E-state index in [4.69, 9.17) is 0 Å². The number of carbonyl (C=O) groups is 3. The molecule has 0 saturated heterocycles. The lowest BCUT2D eigenvalue weighted by molar-refractivity contribution is -0.151. The zero-order chi connectivity index (χ0) is 15.2. The Balaban J connectivity index is 3.25. The van der Waals surface area contributed by atoms with E-state index in [2.05, 4.69) is 6.58 Å². The van der Waals surface area contributed by atoms with E-state index in [9.17, 15) is 14.4 Å². The van der Waals surface area contributed by atoms with Crippen LogP contribution in [-0.2, 0) is 14.4 Å². The second kappa shape index (κ2) is 4.69. The highest BCUT2D eigenvalue weighted by atomic mass is 16.2. The lowest BCUT2D eigenvalue weighted by Crippen LogP contribution is -2.54. The Morgan fingerprint density at radius 1 is 1.16 bits per heavy atom. The van der Waals surface area contributed by atoms with E-state index in [0.717, 1.165) is 0 Å². The van der Waals surface area contributed by atoms with Gasteiger partial charge in [0.1, 0.15) is 5.78 Å². The molecule has 1 rings (SSSR count). The van der Waals surface area contributed by atoms with Crippen LogP contribution in [0.4, 0.5) is 0 Å². The Bertz CT molecular complexity index is 423. The third-order valence-electron chi connectivity index (χ3n) is 4.10. The first-order chi connectivity index (χ1) is 8.44. The molecule has 106 valence electrons. The first-order valence-corrected chi connectivity index (χ1v) is 6.75. The molecular weight excluding hydrogens is 240 g/mol. The van der Waals surface area contributed by atoms with Crippen LogP contribution in [0, 0.1) is 22.7 Å². The van der Waals surface area contributed by atoms with Gasteiger partial charge in [-0.25, -0.2) is 0 Å². The summed E-state index contributed by atoms with van der Waals surface area (Å²) < 4.78 is 0. The van der Waals surface area contributed by atoms with Gasteiger partial charge in [0.05, 0.1) is 11.3 Å². The van der Waals surface area contributed by atoms with Gasteiger partial charge in [-0.1, -0.05) is 20.4 Å². The van der Waals surface area contributed by atoms with Gasteiger partial charge in [-0.15, -0.1) is 0 Å². The van der Waals surface area contributed by atoms with Crippen molar-refractivity contribution in [1.82, 2.24) is 0 Å². The largest absolute Gasteiger partial charge is 0.299 e. The van der Waals surface area contributed by atoms with E-state index in [1.165, 1.54) is 0 Å². The van der Waals surface area contributed by atoms with Gasteiger partial charge in [-0.2, -0.15) is 0 Å². The number of carbonyl (C=O) groups excluding carboxylic acids is 3. The molecule has 1 fully saturated rings. The summed E-state index contributed by atoms with van der Waals surface area (Å²) in [5.41, 5.74) is -1.48. The van der Waals surface area contributed by atoms with Crippen LogP contribution in [0.3, 0.4) is 0 Å². The summed E-state index contributed by atoms with van der Waals surface area (Å²) >= 11 is 0. The van der Waals surface area contributed by atoms with Gasteiger partial charge < -0.3 is 0 Å². The minimum atomic E-state index is -1.11. The smallest absolute Gasteiger partial charge is 0.160 e. The molecule has 0 bridgehead atoms. The molecule has 0 amide bonds. The SMILES string of the molecule is C=C1C(C(=O)CC(C)C)C(=O)C(C)(C)C(=O)C1(C)C. The summed E-state index contributed by atoms with van der Waals surface area (Å²) in [6.07, 6.45) is 0.343. The van der Waals surface area contributed by atoms with Gasteiger partial charge in [0, 0.05) is 11.8 Å². The zero-order valence-corrected chi connectivity index (χ0v) is 12.8. The van der Waals surface area contributed by atoms with Crippen molar-refractivity contribution in [2.75, 3.05) is 0 Å². The molecule has 1 aliphatic carbocycles. The lowest BCUT2D eigenvalue weighted by atomic mass is 9.56. The third kappa shape index (κ3) is 2.43. The van der Waals surface area contributed by atoms with Crippen LogP contribution in [-0.4, -0.2) is 17.3 Å². The fourth-order valence-electron chi connectivity index (χ4n) is 2.78. The molecule has 0 spiro atoms. The summed E-state index contributed by atoms with van der Waals surface area (Å²) in [7, 11) is 0. The first-order valence-electron chi connectivity index (χ1n) is 6.75. The van der Waals surface area contributed by atoms with E-state index in [1.54, 1.807) is 27.7 Å². The Hall–Kier alpha value is -1.25. The second-order valence-corrected chi connectivity index (χ2v) is 6.97. The van der Waals surface area contributed by atoms with Crippen molar-refractivity contribution in [2.24, 2.45) is 22.7 Å². The maximum absolute atomic E-state index is 12.5. The van der Waals surface area contributed by atoms with Crippen LogP contribution >= 0.6 is 0 Å². The number of hydrogen-bond acceptors (Lipinski definition) is 3. The maximum atomic E-state index is 12.5. The van der Waals surface area contributed by atoms with Crippen molar-refractivity contribution in [1.29, 1.82) is 0 Å². The number of hydrogen-bond donors (Lipinski definition) is 0. The van der Waals surface area contributed by atoms with Crippen LogP contribution < -0.4 is 0 Å². The fraction of sp³-hybridized carbons (Fsp3) is 0.688. The van der Waals surface area contributed by atoms with Crippen LogP contribution in [0.2, 0.25) is 0 Å². The second-order valence-electron chi connectivity index (χ2n) is 6.97. The molecule has 0 aromatic heterocycles. The van der Waals surface area contributed by atoms with Gasteiger partial charge in [-0.05, 0) is 39.2 Å². The van der Waals surface area contributed by atoms with Crippen LogP contribution in [0.5, 0.6) is 0 Å². The minimum absolute atomic E-state index is 0.112. The number of Topliss-reactive ketones (excluding diaryl/α,β-unsaturated/α-hetero) is 3. The van der Waals surface area contributed by atoms with Crippen molar-refractivity contribution in [3.63, 3.8) is 0 Å². The Morgan fingerprint density at radius 3 is 2.05 bits per heavy atom. The molecule has 3 nitrogen and oxygen atoms in total. The molecule has 1 atom stereocenters. The predicted molar refractivity (Wildman–Crippen MR) is 74.7 cm³/mol. The maximum Gasteiger partial charge on any atom is 0.160 e. The summed E-state index contributed by atoms with van der Waals surface area (Å²) in [6.45, 7) is 14.5. The van der Waals surface area contributed by atoms with E-state index in [0.29, 0.717) is 12.0 Å². The van der Waals surface area contributed by atoms with Crippen molar-refractivity contribution < 1.29 is 14.4 Å². The average Bonchev–Trinajstić information content (AvgIpc) is 2.25. The highest BCUT2D eigenvalue weighted by Gasteiger charge is 2.56. The molecule has 0 N–H and O–H groups in total. The van der Waals surface area contributed by atoms with E-state index in [1.807, 2.05) is 13.8 Å². The van der Waals surface area contributed by atoms with E-state index < -0.39 is 16.7 Å². The Morgan fingerprint density at radius 2 is 1.63 bits per heavy atom. The van der Waals surface area contributed by atoms with E-state index >= 15 is 0 Å². The summed E-state index contributed by atoms with van der Waals surface area (Å²) in [6, 6.07) is 0. The molecule has 0 aromatic carbocycles. The van der Waals surface area contributed by atoms with Crippen molar-refractivity contribution in [3.8, 4) is 0 Å². The zero-order valence-electron chi connectivity index (χ0n) is 12.8. The lowest BCUT2D eigenvalue weighted by Gasteiger charge is -2.43. The molecule has 1 aliphatic rings. The van der Waals surface area contributed by atoms with Gasteiger partial charge in [-0.3, -0.25) is 14.4 Å². The summed E-state index contributed by atoms with van der Waals surface area (Å²) in [5, 5.41) is 0. The molecule has 19 heavy (non-hydrogen) atoms. The molecule has 1 saturated carbocycles. The molecule has 0 radical (unpaired) electrons. The fourth-order valence-corrected chi connectivity index (χ4v) is 2.78. The third-order valence-corrected chi connectivity index (χ3v) is 4.10. The van der Waals surface area contributed by atoms with Gasteiger partial charge >= 0.3 is 0 Å². The number of ketones is 3. The van der Waals surface area contributed by atoms with Gasteiger partial charge in [0.25, 0.3) is 0 Å². The van der Waals surface area contributed by atoms with Gasteiger partial charge in [0.2, 0.25) is 0 Å². The van der Waals surface area contributed by atoms with Crippen molar-refractivity contribution in [3.05, 3.63) is 12.2 Å². The molecular formula is C16H24O3. The average molecular weight is 264 g/mol. The van der Waals surface area contributed by atoms with Crippen LogP contribution in [0.25, 0.3) is 0 Å². The first kappa shape index (κ1) is 15.8. The molecule has 1 unspecified atom stereocenters. The Kier molecular flexibility index (Phi) is 3.91. The normalized spacial score (nSPS) is 25.8. The summed E-state index contributed by atoms with van der Waals surface area (Å²) in [5.74, 6) is -1.20. The quantitative estimate of drug-likeness (QED) is 0.581.